The van der Waals surface area contributed by atoms with E-state index in [4.69, 9.17) is 21.1 Å². The Kier molecular flexibility index (Phi) is 3.23. The Morgan fingerprint density at radius 3 is 2.77 bits per heavy atom. The Balaban J connectivity index is 1.76. The maximum Gasteiger partial charge on any atom is 0.172 e. The topological polar surface area (TPSA) is 58.0 Å². The predicted octanol–water partition coefficient (Wildman–Crippen LogP) is 4.00. The van der Waals surface area contributed by atoms with E-state index in [9.17, 15) is 5.26 Å². The molecular formula is C17H15ClN2O2. The van der Waals surface area contributed by atoms with Gasteiger partial charge in [-0.25, -0.2) is 0 Å². The van der Waals surface area contributed by atoms with E-state index in [1.165, 1.54) is 5.57 Å². The molecule has 0 amide bonds. The van der Waals surface area contributed by atoms with E-state index in [-0.39, 0.29) is 0 Å². The minimum absolute atomic E-state index is 0.414. The van der Waals surface area contributed by atoms with Crippen molar-refractivity contribution in [3.05, 3.63) is 40.6 Å². The van der Waals surface area contributed by atoms with Gasteiger partial charge < -0.3 is 14.5 Å². The van der Waals surface area contributed by atoms with Gasteiger partial charge in [0.15, 0.2) is 5.79 Å². The van der Waals surface area contributed by atoms with Crippen molar-refractivity contribution in [1.82, 2.24) is 4.98 Å². The van der Waals surface area contributed by atoms with Gasteiger partial charge >= 0.3 is 0 Å². The van der Waals surface area contributed by atoms with Crippen LogP contribution in [-0.2, 0) is 9.47 Å². The summed E-state index contributed by atoms with van der Waals surface area (Å²) in [5.74, 6) is -0.414. The first-order valence-corrected chi connectivity index (χ1v) is 7.77. The normalized spacial score (nSPS) is 20.3. The number of nitriles is 1. The highest BCUT2D eigenvalue weighted by Crippen LogP contribution is 2.41. The number of aromatic amines is 1. The Morgan fingerprint density at radius 2 is 2.09 bits per heavy atom. The lowest BCUT2D eigenvalue weighted by atomic mass is 9.89. The van der Waals surface area contributed by atoms with Crippen LogP contribution in [0.15, 0.2) is 24.4 Å². The van der Waals surface area contributed by atoms with Gasteiger partial charge in [-0.3, -0.25) is 0 Å². The zero-order chi connectivity index (χ0) is 15.2. The van der Waals surface area contributed by atoms with E-state index in [2.05, 4.69) is 17.1 Å². The summed E-state index contributed by atoms with van der Waals surface area (Å²) in [6.07, 6.45) is 6.41. The fourth-order valence-corrected chi connectivity index (χ4v) is 3.63. The third-order valence-corrected chi connectivity index (χ3v) is 4.81. The molecule has 0 atom stereocenters. The highest BCUT2D eigenvalue weighted by molar-refractivity contribution is 6.36. The maximum absolute atomic E-state index is 9.21. The average molecular weight is 315 g/mol. The molecule has 22 heavy (non-hydrogen) atoms. The minimum atomic E-state index is -0.414. The van der Waals surface area contributed by atoms with Gasteiger partial charge in [0.1, 0.15) is 6.07 Å². The second kappa shape index (κ2) is 5.13. The maximum atomic E-state index is 9.21. The number of nitrogens with one attached hydrogen (secondary N) is 1. The zero-order valence-electron chi connectivity index (χ0n) is 12.0. The number of rotatable bonds is 1. The molecule has 1 aliphatic heterocycles. The second-order valence-electron chi connectivity index (χ2n) is 5.70. The number of hydrogen-bond acceptors (Lipinski definition) is 3. The second-order valence-corrected chi connectivity index (χ2v) is 6.11. The van der Waals surface area contributed by atoms with Gasteiger partial charge in [-0.05, 0) is 18.1 Å². The van der Waals surface area contributed by atoms with Crippen LogP contribution < -0.4 is 0 Å². The molecular weight excluding hydrogens is 300 g/mol. The molecule has 4 rings (SSSR count). The summed E-state index contributed by atoms with van der Waals surface area (Å²) in [6, 6.07) is 6.06. The molecule has 5 heteroatoms. The van der Waals surface area contributed by atoms with Crippen LogP contribution in [0.5, 0.6) is 0 Å². The first-order valence-electron chi connectivity index (χ1n) is 7.39. The van der Waals surface area contributed by atoms with Gasteiger partial charge in [0.25, 0.3) is 0 Å². The molecule has 112 valence electrons. The smallest absolute Gasteiger partial charge is 0.172 e. The predicted molar refractivity (Wildman–Crippen MR) is 84.5 cm³/mol. The molecule has 1 saturated heterocycles. The van der Waals surface area contributed by atoms with Crippen molar-refractivity contribution in [3.63, 3.8) is 0 Å². The molecule has 2 heterocycles. The van der Waals surface area contributed by atoms with Gasteiger partial charge in [0.05, 0.1) is 29.3 Å². The summed E-state index contributed by atoms with van der Waals surface area (Å²) in [7, 11) is 0. The minimum Gasteiger partial charge on any atom is -0.359 e. The Morgan fingerprint density at radius 1 is 1.27 bits per heavy atom. The Bertz CT molecular complexity index is 810. The van der Waals surface area contributed by atoms with E-state index in [1.54, 1.807) is 6.20 Å². The SMILES string of the molecule is N#Cc1c[nH]c2c(C3=CCC4(CC3)OCCO4)ccc(Cl)c12. The van der Waals surface area contributed by atoms with Crippen molar-refractivity contribution >= 4 is 28.1 Å². The standard InChI is InChI=1S/C17H15ClN2O2/c18-14-2-1-13(16-15(14)12(9-19)10-20-16)11-3-5-17(6-4-11)21-7-8-22-17/h1-3,10,20H,4-8H2. The van der Waals surface area contributed by atoms with Crippen LogP contribution in [0.1, 0.15) is 30.4 Å². The van der Waals surface area contributed by atoms with Crippen LogP contribution in [0.25, 0.3) is 16.5 Å². The van der Waals surface area contributed by atoms with E-state index >= 15 is 0 Å². The summed E-state index contributed by atoms with van der Waals surface area (Å²) < 4.78 is 11.5. The lowest BCUT2D eigenvalue weighted by molar-refractivity contribution is -0.159. The van der Waals surface area contributed by atoms with Crippen LogP contribution in [0.4, 0.5) is 0 Å². The quantitative estimate of drug-likeness (QED) is 0.865. The lowest BCUT2D eigenvalue weighted by Crippen LogP contribution is -2.31. The van der Waals surface area contributed by atoms with Crippen LogP contribution in [0, 0.1) is 11.3 Å². The molecule has 1 N–H and O–H groups in total. The first-order chi connectivity index (χ1) is 10.7. The van der Waals surface area contributed by atoms with Gasteiger partial charge in [-0.15, -0.1) is 0 Å². The molecule has 0 saturated carbocycles. The highest BCUT2D eigenvalue weighted by atomic mass is 35.5. The summed E-state index contributed by atoms with van der Waals surface area (Å²) >= 11 is 6.26. The number of halogens is 1. The Hall–Kier alpha value is -1.80. The molecule has 1 aromatic carbocycles. The van der Waals surface area contributed by atoms with Gasteiger partial charge in [-0.1, -0.05) is 23.7 Å². The average Bonchev–Trinajstić information content (AvgIpc) is 3.17. The van der Waals surface area contributed by atoms with Crippen molar-refractivity contribution in [2.45, 2.75) is 25.0 Å². The van der Waals surface area contributed by atoms with Gasteiger partial charge in [0, 0.05) is 30.0 Å². The number of aromatic nitrogens is 1. The van der Waals surface area contributed by atoms with Gasteiger partial charge in [-0.2, -0.15) is 5.26 Å². The number of H-pyrrole nitrogens is 1. The van der Waals surface area contributed by atoms with Crippen molar-refractivity contribution < 1.29 is 9.47 Å². The third kappa shape index (κ3) is 2.05. The number of ether oxygens (including phenoxy) is 2. The van der Waals surface area contributed by atoms with E-state index in [0.717, 1.165) is 35.7 Å². The summed E-state index contributed by atoms with van der Waals surface area (Å²) in [5.41, 5.74) is 3.86. The molecule has 0 bridgehead atoms. The molecule has 1 spiro atoms. The molecule has 4 nitrogen and oxygen atoms in total. The van der Waals surface area contributed by atoms with Crippen LogP contribution in [0.3, 0.4) is 0 Å². The molecule has 0 radical (unpaired) electrons. The third-order valence-electron chi connectivity index (χ3n) is 4.50. The monoisotopic (exact) mass is 314 g/mol. The van der Waals surface area contributed by atoms with Crippen LogP contribution in [-0.4, -0.2) is 24.0 Å². The molecule has 1 aliphatic carbocycles. The molecule has 1 fully saturated rings. The van der Waals surface area contributed by atoms with Crippen molar-refractivity contribution in [1.29, 1.82) is 5.26 Å². The molecule has 0 unspecified atom stereocenters. The fourth-order valence-electron chi connectivity index (χ4n) is 3.37. The summed E-state index contributed by atoms with van der Waals surface area (Å²) in [4.78, 5) is 3.20. The fraction of sp³-hybridized carbons (Fsp3) is 0.353. The lowest BCUT2D eigenvalue weighted by Gasteiger charge is -2.30. The number of benzene rings is 1. The van der Waals surface area contributed by atoms with E-state index < -0.39 is 5.79 Å². The first kappa shape index (κ1) is 13.8. The summed E-state index contributed by atoms with van der Waals surface area (Å²) in [5, 5.41) is 10.6. The summed E-state index contributed by atoms with van der Waals surface area (Å²) in [6.45, 7) is 1.35. The largest absolute Gasteiger partial charge is 0.359 e. The number of fused-ring (bicyclic) bond motifs is 1. The van der Waals surface area contributed by atoms with Crippen LogP contribution in [0.2, 0.25) is 5.02 Å². The molecule has 2 aliphatic rings. The van der Waals surface area contributed by atoms with E-state index in [0.29, 0.717) is 23.8 Å². The highest BCUT2D eigenvalue weighted by Gasteiger charge is 2.37. The number of allylic oxidation sites excluding steroid dienone is 1. The van der Waals surface area contributed by atoms with Gasteiger partial charge in [0.2, 0.25) is 0 Å². The van der Waals surface area contributed by atoms with E-state index in [1.807, 2.05) is 12.1 Å². The molecule has 1 aromatic heterocycles. The zero-order valence-corrected chi connectivity index (χ0v) is 12.7. The van der Waals surface area contributed by atoms with Crippen molar-refractivity contribution in [2.24, 2.45) is 0 Å². The number of nitrogens with zero attached hydrogens (tertiary/aromatic N) is 1. The van der Waals surface area contributed by atoms with Crippen LogP contribution >= 0.6 is 11.6 Å². The van der Waals surface area contributed by atoms with Crippen molar-refractivity contribution in [2.75, 3.05) is 13.2 Å². The van der Waals surface area contributed by atoms with Crippen molar-refractivity contribution in [3.8, 4) is 6.07 Å². The Labute approximate surface area is 133 Å². The number of hydrogen-bond donors (Lipinski definition) is 1. The molecule has 2 aromatic rings.